The van der Waals surface area contributed by atoms with Gasteiger partial charge in [-0.1, -0.05) is 23.8 Å². The predicted molar refractivity (Wildman–Crippen MR) is 130 cm³/mol. The van der Waals surface area contributed by atoms with Crippen molar-refractivity contribution in [2.24, 2.45) is 0 Å². The molecule has 2 heterocycles. The first-order chi connectivity index (χ1) is 17.6. The van der Waals surface area contributed by atoms with Crippen molar-refractivity contribution in [3.8, 4) is 0 Å². The van der Waals surface area contributed by atoms with Crippen LogP contribution < -0.4 is 5.32 Å². The Labute approximate surface area is 215 Å². The Balaban J connectivity index is 1.32. The molecule has 0 saturated carbocycles. The van der Waals surface area contributed by atoms with Crippen molar-refractivity contribution in [3.05, 3.63) is 59.2 Å². The molecule has 2 aromatic rings. The summed E-state index contributed by atoms with van der Waals surface area (Å²) in [5.74, 6) is -2.65. The van der Waals surface area contributed by atoms with Crippen molar-refractivity contribution in [1.29, 1.82) is 0 Å². The molecule has 1 fully saturated rings. The second-order valence-electron chi connectivity index (χ2n) is 8.38. The van der Waals surface area contributed by atoms with Gasteiger partial charge in [0.2, 0.25) is 11.8 Å². The molecule has 2 aliphatic rings. The van der Waals surface area contributed by atoms with Crippen LogP contribution in [0, 0.1) is 6.92 Å². The minimum atomic E-state index is -3.92. The van der Waals surface area contributed by atoms with Crippen LogP contribution in [0.3, 0.4) is 0 Å². The van der Waals surface area contributed by atoms with E-state index in [4.69, 9.17) is 8.92 Å². The molecule has 11 nitrogen and oxygen atoms in total. The number of carbonyl (C=O) groups is 4. The van der Waals surface area contributed by atoms with E-state index >= 15 is 0 Å². The largest absolute Gasteiger partial charge is 0.378 e. The van der Waals surface area contributed by atoms with Crippen LogP contribution in [0.5, 0.6) is 0 Å². The predicted octanol–water partition coefficient (Wildman–Crippen LogP) is 0.926. The lowest BCUT2D eigenvalue weighted by molar-refractivity contribution is -0.136. The zero-order valence-corrected chi connectivity index (χ0v) is 21.4. The van der Waals surface area contributed by atoms with Gasteiger partial charge in [0.1, 0.15) is 6.04 Å². The number of carbonyl (C=O) groups excluding carboxylic acids is 4. The average Bonchev–Trinajstić information content (AvgIpc) is 3.11. The first-order valence-corrected chi connectivity index (χ1v) is 14.1. The first-order valence-electron chi connectivity index (χ1n) is 11.4. The summed E-state index contributed by atoms with van der Waals surface area (Å²) in [6.07, 6.45) is 0.0140. The normalized spacial score (nSPS) is 18.6. The van der Waals surface area contributed by atoms with E-state index in [0.717, 1.165) is 10.5 Å². The fraction of sp³-hybridized carbons (Fsp3) is 0.333. The first kappa shape index (κ1) is 26.8. The Hall–Kier alpha value is -3.26. The monoisotopic (exact) mass is 548 g/mol. The Morgan fingerprint density at radius 2 is 1.73 bits per heavy atom. The maximum absolute atomic E-state index is 13.1. The number of piperidine rings is 1. The highest BCUT2D eigenvalue weighted by Crippen LogP contribution is 2.31. The van der Waals surface area contributed by atoms with Gasteiger partial charge in [-0.05, 0) is 37.6 Å². The molecule has 4 amide bonds. The zero-order valence-electron chi connectivity index (χ0n) is 19.8. The molecule has 13 heteroatoms. The zero-order chi connectivity index (χ0) is 26.7. The SMILES string of the molecule is Cc1ccc(S(=O)(=O)OCCOCCS(=O)c2cccc3c2C(=O)N(C2CCC(=O)NC2=O)C3=O)cc1. The van der Waals surface area contributed by atoms with Crippen LogP contribution >= 0.6 is 0 Å². The van der Waals surface area contributed by atoms with Gasteiger partial charge in [0.25, 0.3) is 21.9 Å². The molecular formula is C24H24N2O9S2. The molecule has 2 atom stereocenters. The fourth-order valence-corrected chi connectivity index (χ4v) is 6.03. The maximum atomic E-state index is 13.1. The van der Waals surface area contributed by atoms with Crippen molar-refractivity contribution in [2.45, 2.75) is 35.6 Å². The van der Waals surface area contributed by atoms with E-state index in [9.17, 15) is 31.8 Å². The van der Waals surface area contributed by atoms with Crippen LogP contribution in [0.25, 0.3) is 0 Å². The smallest absolute Gasteiger partial charge is 0.297 e. The summed E-state index contributed by atoms with van der Waals surface area (Å²) in [7, 11) is -5.65. The van der Waals surface area contributed by atoms with E-state index < -0.39 is 50.6 Å². The summed E-state index contributed by atoms with van der Waals surface area (Å²) in [6.45, 7) is 1.50. The van der Waals surface area contributed by atoms with Gasteiger partial charge >= 0.3 is 0 Å². The lowest BCUT2D eigenvalue weighted by Crippen LogP contribution is -2.54. The number of benzene rings is 2. The van der Waals surface area contributed by atoms with Gasteiger partial charge in [0, 0.05) is 6.42 Å². The Kier molecular flexibility index (Phi) is 7.97. The molecule has 1 N–H and O–H groups in total. The standard InChI is InChI=1S/C24H24N2O9S2/c1-15-5-7-16(8-6-15)37(32,33)35-12-11-34-13-14-36(31)19-4-2-3-17-21(19)24(30)26(23(17)29)18-9-10-20(27)25-22(18)28/h2-8,18H,9-14H2,1H3,(H,25,27,28). The lowest BCUT2D eigenvalue weighted by atomic mass is 10.0. The second-order valence-corrected chi connectivity index (χ2v) is 11.5. The molecule has 2 aromatic carbocycles. The van der Waals surface area contributed by atoms with Crippen LogP contribution in [-0.4, -0.2) is 72.8 Å². The summed E-state index contributed by atoms with van der Waals surface area (Å²) in [4.78, 5) is 50.6. The van der Waals surface area contributed by atoms with Crippen LogP contribution in [0.15, 0.2) is 52.3 Å². The summed E-state index contributed by atoms with van der Waals surface area (Å²) in [6, 6.07) is 9.47. The third kappa shape index (κ3) is 5.69. The number of amides is 4. The van der Waals surface area contributed by atoms with Gasteiger partial charge in [-0.3, -0.25) is 37.8 Å². The van der Waals surface area contributed by atoms with Gasteiger partial charge < -0.3 is 4.74 Å². The van der Waals surface area contributed by atoms with Gasteiger partial charge in [-0.2, -0.15) is 8.42 Å². The number of fused-ring (bicyclic) bond motifs is 1. The Morgan fingerprint density at radius 3 is 2.43 bits per heavy atom. The molecule has 2 unspecified atom stereocenters. The van der Waals surface area contributed by atoms with E-state index in [0.29, 0.717) is 0 Å². The summed E-state index contributed by atoms with van der Waals surface area (Å²) in [5.41, 5.74) is 0.910. The maximum Gasteiger partial charge on any atom is 0.297 e. The van der Waals surface area contributed by atoms with Crippen LogP contribution in [-0.2, 0) is 39.4 Å². The van der Waals surface area contributed by atoms with Crippen LogP contribution in [0.4, 0.5) is 0 Å². The highest BCUT2D eigenvalue weighted by molar-refractivity contribution is 7.86. The van der Waals surface area contributed by atoms with Crippen LogP contribution in [0.1, 0.15) is 39.1 Å². The van der Waals surface area contributed by atoms with E-state index in [-0.39, 0.29) is 59.3 Å². The average molecular weight is 549 g/mol. The summed E-state index contributed by atoms with van der Waals surface area (Å²) >= 11 is 0. The quantitative estimate of drug-likeness (QED) is 0.259. The number of nitrogens with zero attached hydrogens (tertiary/aromatic N) is 1. The van der Waals surface area contributed by atoms with E-state index in [1.165, 1.54) is 30.3 Å². The topological polar surface area (TPSA) is 153 Å². The number of rotatable bonds is 10. The van der Waals surface area contributed by atoms with E-state index in [2.05, 4.69) is 5.32 Å². The highest BCUT2D eigenvalue weighted by Gasteiger charge is 2.46. The lowest BCUT2D eigenvalue weighted by Gasteiger charge is -2.27. The van der Waals surface area contributed by atoms with Crippen molar-refractivity contribution < 1.29 is 40.7 Å². The number of hydrogen-bond acceptors (Lipinski definition) is 9. The van der Waals surface area contributed by atoms with Crippen molar-refractivity contribution in [3.63, 3.8) is 0 Å². The second kappa shape index (κ2) is 11.0. The van der Waals surface area contributed by atoms with Gasteiger partial charge in [-0.15, -0.1) is 0 Å². The van der Waals surface area contributed by atoms with Gasteiger partial charge in [0.05, 0.1) is 57.3 Å². The third-order valence-electron chi connectivity index (χ3n) is 5.86. The number of imide groups is 2. The molecule has 4 rings (SSSR count). The van der Waals surface area contributed by atoms with Gasteiger partial charge in [-0.25, -0.2) is 0 Å². The van der Waals surface area contributed by atoms with E-state index in [1.54, 1.807) is 12.1 Å². The Bertz CT molecular complexity index is 1390. The molecule has 0 radical (unpaired) electrons. The van der Waals surface area contributed by atoms with Crippen molar-refractivity contribution >= 4 is 44.5 Å². The van der Waals surface area contributed by atoms with Crippen molar-refractivity contribution in [2.75, 3.05) is 25.6 Å². The van der Waals surface area contributed by atoms with Crippen molar-refractivity contribution in [1.82, 2.24) is 10.2 Å². The molecule has 0 bridgehead atoms. The van der Waals surface area contributed by atoms with Crippen LogP contribution in [0.2, 0.25) is 0 Å². The number of ether oxygens (including phenoxy) is 1. The van der Waals surface area contributed by atoms with E-state index in [1.807, 2.05) is 6.92 Å². The minimum absolute atomic E-state index is 0.00400. The summed E-state index contributed by atoms with van der Waals surface area (Å²) in [5, 5.41) is 2.13. The number of aryl methyl sites for hydroxylation is 1. The molecule has 37 heavy (non-hydrogen) atoms. The molecule has 0 aromatic heterocycles. The third-order valence-corrected chi connectivity index (χ3v) is 8.56. The molecule has 1 saturated heterocycles. The number of hydrogen-bond donors (Lipinski definition) is 1. The molecule has 0 aliphatic carbocycles. The number of nitrogens with one attached hydrogen (secondary N) is 1. The summed E-state index contributed by atoms with van der Waals surface area (Å²) < 4.78 is 47.6. The minimum Gasteiger partial charge on any atom is -0.378 e. The fourth-order valence-electron chi connectivity index (χ4n) is 4.00. The highest BCUT2D eigenvalue weighted by atomic mass is 32.2. The molecule has 0 spiro atoms. The Morgan fingerprint density at radius 1 is 1.00 bits per heavy atom. The molecular weight excluding hydrogens is 524 g/mol. The molecule has 196 valence electrons. The van der Waals surface area contributed by atoms with Gasteiger partial charge in [0.15, 0.2) is 0 Å². The molecule has 2 aliphatic heterocycles.